The van der Waals surface area contributed by atoms with Crippen LogP contribution in [0.4, 0.5) is 0 Å². The first kappa shape index (κ1) is 14.6. The molecule has 0 atom stereocenters. The van der Waals surface area contributed by atoms with E-state index in [0.717, 1.165) is 25.2 Å². The summed E-state index contributed by atoms with van der Waals surface area (Å²) < 4.78 is 1.84. The SMILES string of the molecule is CC(C)c1c(CC(=O)O)nnn1CCCN(C)C. The van der Waals surface area contributed by atoms with Crippen LogP contribution >= 0.6 is 0 Å². The lowest BCUT2D eigenvalue weighted by Gasteiger charge is -2.12. The zero-order chi connectivity index (χ0) is 13.7. The van der Waals surface area contributed by atoms with Crippen LogP contribution in [0, 0.1) is 0 Å². The molecule has 0 unspecified atom stereocenters. The van der Waals surface area contributed by atoms with Gasteiger partial charge in [0, 0.05) is 6.54 Å². The van der Waals surface area contributed by atoms with Crippen molar-refractivity contribution in [3.63, 3.8) is 0 Å². The molecule has 1 aromatic heterocycles. The number of rotatable bonds is 7. The summed E-state index contributed by atoms with van der Waals surface area (Å²) in [5.41, 5.74) is 1.53. The van der Waals surface area contributed by atoms with Crippen molar-refractivity contribution >= 4 is 5.97 Å². The maximum absolute atomic E-state index is 10.8. The monoisotopic (exact) mass is 254 g/mol. The number of aromatic nitrogens is 3. The standard InChI is InChI=1S/C12H22N4O2/c1-9(2)12-10(8-11(17)18)13-14-16(12)7-5-6-15(3)4/h9H,5-8H2,1-4H3,(H,17,18). The average molecular weight is 254 g/mol. The predicted octanol–water partition coefficient (Wildman–Crippen LogP) is 0.980. The minimum atomic E-state index is -0.864. The quantitative estimate of drug-likeness (QED) is 0.785. The molecule has 0 saturated heterocycles. The molecule has 6 heteroatoms. The molecule has 1 rings (SSSR count). The third-order valence-corrected chi connectivity index (χ3v) is 2.69. The Balaban J connectivity index is 2.78. The van der Waals surface area contributed by atoms with Crippen LogP contribution in [0.3, 0.4) is 0 Å². The molecule has 0 bridgehead atoms. The molecule has 6 nitrogen and oxygen atoms in total. The molecule has 0 spiro atoms. The molecular weight excluding hydrogens is 232 g/mol. The van der Waals surface area contributed by atoms with Gasteiger partial charge in [0.15, 0.2) is 0 Å². The summed E-state index contributed by atoms with van der Waals surface area (Å²) in [6.07, 6.45) is 0.920. The highest BCUT2D eigenvalue weighted by Gasteiger charge is 2.17. The van der Waals surface area contributed by atoms with Gasteiger partial charge in [0.1, 0.15) is 0 Å². The Hall–Kier alpha value is -1.43. The molecule has 0 aliphatic rings. The summed E-state index contributed by atoms with van der Waals surface area (Å²) in [5, 5.41) is 16.9. The predicted molar refractivity (Wildman–Crippen MR) is 68.6 cm³/mol. The molecule has 1 N–H and O–H groups in total. The van der Waals surface area contributed by atoms with E-state index in [2.05, 4.69) is 15.2 Å². The Labute approximate surface area is 108 Å². The van der Waals surface area contributed by atoms with Crippen LogP contribution in [-0.2, 0) is 17.8 Å². The maximum atomic E-state index is 10.8. The van der Waals surface area contributed by atoms with Gasteiger partial charge < -0.3 is 10.0 Å². The van der Waals surface area contributed by atoms with E-state index >= 15 is 0 Å². The third kappa shape index (κ3) is 4.10. The fraction of sp³-hybridized carbons (Fsp3) is 0.750. The molecule has 0 aromatic carbocycles. The normalized spacial score (nSPS) is 11.4. The van der Waals surface area contributed by atoms with Gasteiger partial charge in [-0.15, -0.1) is 5.10 Å². The third-order valence-electron chi connectivity index (χ3n) is 2.69. The zero-order valence-corrected chi connectivity index (χ0v) is 11.6. The van der Waals surface area contributed by atoms with E-state index in [4.69, 9.17) is 5.11 Å². The smallest absolute Gasteiger partial charge is 0.309 e. The summed E-state index contributed by atoms with van der Waals surface area (Å²) in [7, 11) is 4.06. The van der Waals surface area contributed by atoms with Crippen LogP contribution in [0.1, 0.15) is 37.6 Å². The van der Waals surface area contributed by atoms with Crippen molar-refractivity contribution in [3.05, 3.63) is 11.4 Å². The topological polar surface area (TPSA) is 71.2 Å². The van der Waals surface area contributed by atoms with Crippen molar-refractivity contribution < 1.29 is 9.90 Å². The van der Waals surface area contributed by atoms with Crippen LogP contribution in [0.5, 0.6) is 0 Å². The average Bonchev–Trinajstić information content (AvgIpc) is 2.59. The van der Waals surface area contributed by atoms with Gasteiger partial charge in [-0.25, -0.2) is 4.68 Å². The zero-order valence-electron chi connectivity index (χ0n) is 11.6. The first-order valence-electron chi connectivity index (χ1n) is 6.20. The minimum absolute atomic E-state index is 0.0544. The van der Waals surface area contributed by atoms with Gasteiger partial charge in [-0.2, -0.15) is 0 Å². The number of aliphatic carboxylic acids is 1. The van der Waals surface area contributed by atoms with Gasteiger partial charge >= 0.3 is 5.97 Å². The van der Waals surface area contributed by atoms with Gasteiger partial charge in [0.2, 0.25) is 0 Å². The van der Waals surface area contributed by atoms with E-state index in [1.165, 1.54) is 0 Å². The molecule has 0 saturated carbocycles. The molecule has 0 amide bonds. The number of carboxylic acids is 1. The molecule has 1 heterocycles. The van der Waals surface area contributed by atoms with E-state index in [1.807, 2.05) is 32.6 Å². The number of hydrogen-bond acceptors (Lipinski definition) is 4. The highest BCUT2D eigenvalue weighted by Crippen LogP contribution is 2.18. The van der Waals surface area contributed by atoms with E-state index in [1.54, 1.807) is 0 Å². The Kier molecular flexibility index (Phi) is 5.27. The Bertz CT molecular complexity index is 399. The van der Waals surface area contributed by atoms with Crippen molar-refractivity contribution in [3.8, 4) is 0 Å². The van der Waals surface area contributed by atoms with Crippen LogP contribution < -0.4 is 0 Å². The molecule has 0 fully saturated rings. The number of carbonyl (C=O) groups is 1. The van der Waals surface area contributed by atoms with Crippen LogP contribution in [0.2, 0.25) is 0 Å². The number of hydrogen-bond donors (Lipinski definition) is 1. The van der Waals surface area contributed by atoms with E-state index in [9.17, 15) is 4.79 Å². The molecule has 18 heavy (non-hydrogen) atoms. The number of carboxylic acid groups (broad SMARTS) is 1. The first-order valence-corrected chi connectivity index (χ1v) is 6.20. The van der Waals surface area contributed by atoms with Gasteiger partial charge in [-0.1, -0.05) is 19.1 Å². The Morgan fingerprint density at radius 2 is 2.11 bits per heavy atom. The van der Waals surface area contributed by atoms with Crippen LogP contribution in [0.15, 0.2) is 0 Å². The lowest BCUT2D eigenvalue weighted by atomic mass is 10.1. The number of nitrogens with zero attached hydrogens (tertiary/aromatic N) is 4. The first-order chi connectivity index (χ1) is 8.41. The van der Waals surface area contributed by atoms with Crippen LogP contribution in [0.25, 0.3) is 0 Å². The lowest BCUT2D eigenvalue weighted by Crippen LogP contribution is -2.17. The lowest BCUT2D eigenvalue weighted by molar-refractivity contribution is -0.136. The Morgan fingerprint density at radius 3 is 2.61 bits per heavy atom. The molecule has 0 radical (unpaired) electrons. The second-order valence-corrected chi connectivity index (χ2v) is 5.03. The second-order valence-electron chi connectivity index (χ2n) is 5.03. The second kappa shape index (κ2) is 6.49. The Morgan fingerprint density at radius 1 is 1.44 bits per heavy atom. The molecule has 102 valence electrons. The number of aryl methyl sites for hydroxylation is 1. The fourth-order valence-electron chi connectivity index (χ4n) is 1.96. The van der Waals surface area contributed by atoms with Crippen LogP contribution in [-0.4, -0.2) is 51.6 Å². The van der Waals surface area contributed by atoms with Gasteiger partial charge in [-0.05, 0) is 33.0 Å². The van der Waals surface area contributed by atoms with Crippen molar-refractivity contribution in [1.29, 1.82) is 0 Å². The van der Waals surface area contributed by atoms with Gasteiger partial charge in [0.05, 0.1) is 17.8 Å². The van der Waals surface area contributed by atoms with E-state index in [0.29, 0.717) is 5.69 Å². The molecular formula is C12H22N4O2. The molecule has 1 aromatic rings. The summed E-state index contributed by atoms with van der Waals surface area (Å²) in [4.78, 5) is 12.9. The van der Waals surface area contributed by atoms with E-state index < -0.39 is 5.97 Å². The van der Waals surface area contributed by atoms with Crippen molar-refractivity contribution in [1.82, 2.24) is 19.9 Å². The van der Waals surface area contributed by atoms with Gasteiger partial charge in [0.25, 0.3) is 0 Å². The minimum Gasteiger partial charge on any atom is -0.481 e. The van der Waals surface area contributed by atoms with E-state index in [-0.39, 0.29) is 12.3 Å². The van der Waals surface area contributed by atoms with Crippen molar-refractivity contribution in [2.75, 3.05) is 20.6 Å². The van der Waals surface area contributed by atoms with Gasteiger partial charge in [-0.3, -0.25) is 4.79 Å². The molecule has 0 aliphatic carbocycles. The maximum Gasteiger partial charge on any atom is 0.309 e. The summed E-state index contributed by atoms with van der Waals surface area (Å²) >= 11 is 0. The summed E-state index contributed by atoms with van der Waals surface area (Å²) in [6, 6.07) is 0. The highest BCUT2D eigenvalue weighted by atomic mass is 16.4. The van der Waals surface area contributed by atoms with Crippen molar-refractivity contribution in [2.24, 2.45) is 0 Å². The fourth-order valence-corrected chi connectivity index (χ4v) is 1.96. The molecule has 0 aliphatic heterocycles. The largest absolute Gasteiger partial charge is 0.481 e. The summed E-state index contributed by atoms with van der Waals surface area (Å²) in [5.74, 6) is -0.633. The summed E-state index contributed by atoms with van der Waals surface area (Å²) in [6.45, 7) is 5.82. The highest BCUT2D eigenvalue weighted by molar-refractivity contribution is 5.69. The van der Waals surface area contributed by atoms with Crippen molar-refractivity contribution in [2.45, 2.75) is 39.2 Å².